The fourth-order valence-electron chi connectivity index (χ4n) is 3.64. The summed E-state index contributed by atoms with van der Waals surface area (Å²) in [4.78, 5) is 16.6. The number of anilines is 3. The van der Waals surface area contributed by atoms with E-state index in [2.05, 4.69) is 52.1 Å². The lowest BCUT2D eigenvalue weighted by molar-refractivity contribution is 0.312. The van der Waals surface area contributed by atoms with Crippen LogP contribution in [-0.2, 0) is 6.42 Å². The number of nitrogens with zero attached hydrogens (tertiary/aromatic N) is 5. The molecular weight excluding hydrogens is 298 g/mol. The van der Waals surface area contributed by atoms with Gasteiger partial charge in [-0.15, -0.1) is 0 Å². The van der Waals surface area contributed by atoms with E-state index in [9.17, 15) is 0 Å². The van der Waals surface area contributed by atoms with E-state index in [1.165, 1.54) is 17.7 Å². The molecule has 0 spiro atoms. The van der Waals surface area contributed by atoms with Gasteiger partial charge >= 0.3 is 0 Å². The average molecular weight is 323 g/mol. The number of aromatic nitrogens is 2. The molecule has 0 N–H and O–H groups in total. The normalized spacial score (nSPS) is 18.6. The van der Waals surface area contributed by atoms with Crippen molar-refractivity contribution in [2.75, 3.05) is 49.6 Å². The zero-order valence-electron chi connectivity index (χ0n) is 14.6. The molecule has 0 saturated carbocycles. The Labute approximate surface area is 143 Å². The van der Waals surface area contributed by atoms with Gasteiger partial charge in [-0.05, 0) is 38.4 Å². The van der Waals surface area contributed by atoms with Gasteiger partial charge in [0.1, 0.15) is 17.5 Å². The van der Waals surface area contributed by atoms with E-state index < -0.39 is 0 Å². The van der Waals surface area contributed by atoms with Gasteiger partial charge in [0, 0.05) is 44.5 Å². The largest absolute Gasteiger partial charge is 0.354 e. The highest BCUT2D eigenvalue weighted by Gasteiger charge is 2.22. The molecule has 0 atom stereocenters. The molecule has 0 bridgehead atoms. The SMILES string of the molecule is Cc1nc(N2CCN(C)CC2)cc(N2CCCc3ccccc32)n1. The van der Waals surface area contributed by atoms with E-state index in [4.69, 9.17) is 9.97 Å². The molecule has 1 fully saturated rings. The zero-order chi connectivity index (χ0) is 16.5. The second-order valence-electron chi connectivity index (χ2n) is 6.81. The lowest BCUT2D eigenvalue weighted by Crippen LogP contribution is -2.45. The maximum atomic E-state index is 4.74. The minimum absolute atomic E-state index is 0.851. The molecule has 1 aromatic heterocycles. The number of aryl methyl sites for hydroxylation is 2. The molecule has 5 nitrogen and oxygen atoms in total. The van der Waals surface area contributed by atoms with E-state index >= 15 is 0 Å². The van der Waals surface area contributed by atoms with E-state index in [0.29, 0.717) is 0 Å². The van der Waals surface area contributed by atoms with Crippen LogP contribution in [0.5, 0.6) is 0 Å². The number of benzene rings is 1. The fraction of sp³-hybridized carbons (Fsp3) is 0.474. The van der Waals surface area contributed by atoms with Crippen molar-refractivity contribution in [1.82, 2.24) is 14.9 Å². The van der Waals surface area contributed by atoms with Gasteiger partial charge < -0.3 is 14.7 Å². The monoisotopic (exact) mass is 323 g/mol. The van der Waals surface area contributed by atoms with Gasteiger partial charge in [-0.1, -0.05) is 18.2 Å². The molecule has 1 saturated heterocycles. The first-order valence-electron chi connectivity index (χ1n) is 8.85. The Morgan fingerprint density at radius 3 is 2.50 bits per heavy atom. The first-order chi connectivity index (χ1) is 11.7. The van der Waals surface area contributed by atoms with Gasteiger partial charge in [-0.3, -0.25) is 0 Å². The molecule has 2 aliphatic heterocycles. The Morgan fingerprint density at radius 2 is 1.67 bits per heavy atom. The Balaban J connectivity index is 1.67. The predicted molar refractivity (Wildman–Crippen MR) is 98.2 cm³/mol. The summed E-state index contributed by atoms with van der Waals surface area (Å²) in [6, 6.07) is 10.9. The molecule has 24 heavy (non-hydrogen) atoms. The smallest absolute Gasteiger partial charge is 0.138 e. The van der Waals surface area contributed by atoms with Crippen LogP contribution in [0.25, 0.3) is 0 Å². The third-order valence-corrected chi connectivity index (χ3v) is 5.02. The fourth-order valence-corrected chi connectivity index (χ4v) is 3.64. The van der Waals surface area contributed by atoms with E-state index in [-0.39, 0.29) is 0 Å². The molecule has 2 aromatic rings. The number of hydrogen-bond acceptors (Lipinski definition) is 5. The van der Waals surface area contributed by atoms with Gasteiger partial charge in [0.25, 0.3) is 0 Å². The molecule has 4 rings (SSSR count). The lowest BCUT2D eigenvalue weighted by atomic mass is 10.0. The van der Waals surface area contributed by atoms with Crippen LogP contribution in [-0.4, -0.2) is 54.6 Å². The summed E-state index contributed by atoms with van der Waals surface area (Å²) in [6.45, 7) is 7.26. The maximum absolute atomic E-state index is 4.74. The number of para-hydroxylation sites is 1. The van der Waals surface area contributed by atoms with Crippen LogP contribution in [0.3, 0.4) is 0 Å². The number of fused-ring (bicyclic) bond motifs is 1. The van der Waals surface area contributed by atoms with Crippen molar-refractivity contribution in [3.63, 3.8) is 0 Å². The predicted octanol–water partition coefficient (Wildman–Crippen LogP) is 2.62. The number of piperazine rings is 1. The van der Waals surface area contributed by atoms with Crippen LogP contribution in [0.15, 0.2) is 30.3 Å². The van der Waals surface area contributed by atoms with Crippen molar-refractivity contribution in [1.29, 1.82) is 0 Å². The first kappa shape index (κ1) is 15.4. The minimum atomic E-state index is 0.851. The third-order valence-electron chi connectivity index (χ3n) is 5.02. The lowest BCUT2D eigenvalue weighted by Gasteiger charge is -2.34. The molecule has 5 heteroatoms. The maximum Gasteiger partial charge on any atom is 0.138 e. The molecule has 0 amide bonds. The van der Waals surface area contributed by atoms with E-state index in [1.807, 2.05) is 6.92 Å². The Bertz CT molecular complexity index is 721. The molecular formula is C19H25N5. The average Bonchev–Trinajstić information content (AvgIpc) is 2.61. The number of hydrogen-bond donors (Lipinski definition) is 0. The van der Waals surface area contributed by atoms with Crippen molar-refractivity contribution < 1.29 is 0 Å². The van der Waals surface area contributed by atoms with Crippen molar-refractivity contribution in [2.45, 2.75) is 19.8 Å². The highest BCUT2D eigenvalue weighted by Crippen LogP contribution is 2.33. The summed E-state index contributed by atoms with van der Waals surface area (Å²) in [6.07, 6.45) is 2.33. The van der Waals surface area contributed by atoms with E-state index in [0.717, 1.165) is 56.6 Å². The van der Waals surface area contributed by atoms with Crippen LogP contribution >= 0.6 is 0 Å². The standard InChI is InChI=1S/C19H25N5/c1-15-20-18(23-12-10-22(2)11-13-23)14-19(21-15)24-9-5-7-16-6-3-4-8-17(16)24/h3-4,6,8,14H,5,7,9-13H2,1-2H3. The van der Waals surface area contributed by atoms with Crippen molar-refractivity contribution in [3.05, 3.63) is 41.7 Å². The summed E-state index contributed by atoms with van der Waals surface area (Å²) >= 11 is 0. The van der Waals surface area contributed by atoms with Gasteiger partial charge in [0.2, 0.25) is 0 Å². The zero-order valence-corrected chi connectivity index (χ0v) is 14.6. The molecule has 126 valence electrons. The highest BCUT2D eigenvalue weighted by molar-refractivity contribution is 5.67. The first-order valence-corrected chi connectivity index (χ1v) is 8.85. The van der Waals surface area contributed by atoms with Gasteiger partial charge in [-0.2, -0.15) is 0 Å². The molecule has 1 aromatic carbocycles. The van der Waals surface area contributed by atoms with Crippen LogP contribution in [0.4, 0.5) is 17.3 Å². The van der Waals surface area contributed by atoms with Crippen molar-refractivity contribution in [3.8, 4) is 0 Å². The van der Waals surface area contributed by atoms with Crippen LogP contribution in [0.2, 0.25) is 0 Å². The highest BCUT2D eigenvalue weighted by atomic mass is 15.3. The summed E-state index contributed by atoms with van der Waals surface area (Å²) in [5, 5.41) is 0. The molecule has 3 heterocycles. The summed E-state index contributed by atoms with van der Waals surface area (Å²) in [7, 11) is 2.18. The van der Waals surface area contributed by atoms with E-state index in [1.54, 1.807) is 0 Å². The quantitative estimate of drug-likeness (QED) is 0.849. The summed E-state index contributed by atoms with van der Waals surface area (Å²) in [5.74, 6) is 2.95. The Hall–Kier alpha value is -2.14. The topological polar surface area (TPSA) is 35.5 Å². The Morgan fingerprint density at radius 1 is 0.917 bits per heavy atom. The molecule has 0 aliphatic carbocycles. The second kappa shape index (κ2) is 6.40. The van der Waals surface area contributed by atoms with Crippen LogP contribution in [0.1, 0.15) is 17.8 Å². The molecule has 2 aliphatic rings. The van der Waals surface area contributed by atoms with Crippen molar-refractivity contribution in [2.24, 2.45) is 0 Å². The molecule has 0 radical (unpaired) electrons. The van der Waals surface area contributed by atoms with Crippen LogP contribution < -0.4 is 9.80 Å². The Kier molecular flexibility index (Phi) is 4.10. The van der Waals surface area contributed by atoms with Crippen molar-refractivity contribution >= 4 is 17.3 Å². The van der Waals surface area contributed by atoms with Gasteiger partial charge in [-0.25, -0.2) is 9.97 Å². The summed E-state index contributed by atoms with van der Waals surface area (Å²) in [5.41, 5.74) is 2.72. The molecule has 0 unspecified atom stereocenters. The number of rotatable bonds is 2. The van der Waals surface area contributed by atoms with Gasteiger partial charge in [0.05, 0.1) is 0 Å². The number of likely N-dealkylation sites (N-methyl/N-ethyl adjacent to an activating group) is 1. The second-order valence-corrected chi connectivity index (χ2v) is 6.81. The minimum Gasteiger partial charge on any atom is -0.354 e. The summed E-state index contributed by atoms with van der Waals surface area (Å²) < 4.78 is 0. The third kappa shape index (κ3) is 2.96. The van der Waals surface area contributed by atoms with Crippen LogP contribution in [0, 0.1) is 6.92 Å². The van der Waals surface area contributed by atoms with Gasteiger partial charge in [0.15, 0.2) is 0 Å².